The zero-order chi connectivity index (χ0) is 17.6. The van der Waals surface area contributed by atoms with Gasteiger partial charge in [-0.25, -0.2) is 0 Å². The number of nitrogens with one attached hydrogen (secondary N) is 2. The van der Waals surface area contributed by atoms with Crippen molar-refractivity contribution >= 4 is 29.3 Å². The second-order valence-electron chi connectivity index (χ2n) is 5.79. The normalized spacial score (nSPS) is 15.6. The summed E-state index contributed by atoms with van der Waals surface area (Å²) in [5.41, 5.74) is 1.78. The molecule has 0 fully saturated rings. The molecule has 0 radical (unpaired) electrons. The molecule has 1 aliphatic heterocycles. The van der Waals surface area contributed by atoms with E-state index in [0.717, 1.165) is 28.3 Å². The summed E-state index contributed by atoms with van der Waals surface area (Å²) in [5, 5.41) is 5.81. The van der Waals surface area contributed by atoms with Gasteiger partial charge in [-0.05, 0) is 30.3 Å². The Morgan fingerprint density at radius 2 is 1.92 bits per heavy atom. The van der Waals surface area contributed by atoms with Gasteiger partial charge in [0.25, 0.3) is 0 Å². The molecular formula is C19H20N2O3S. The number of para-hydroxylation sites is 1. The predicted octanol–water partition coefficient (Wildman–Crippen LogP) is 3.38. The largest absolute Gasteiger partial charge is 0.493 e. The van der Waals surface area contributed by atoms with E-state index in [1.165, 1.54) is 18.7 Å². The molecule has 1 aliphatic rings. The number of hydrogen-bond acceptors (Lipinski definition) is 4. The number of thioether (sulfide) groups is 1. The van der Waals surface area contributed by atoms with Gasteiger partial charge in [-0.1, -0.05) is 18.2 Å². The summed E-state index contributed by atoms with van der Waals surface area (Å²) in [6.07, 6.45) is 0.777. The van der Waals surface area contributed by atoms with Crippen molar-refractivity contribution in [2.24, 2.45) is 0 Å². The molecule has 0 saturated heterocycles. The summed E-state index contributed by atoms with van der Waals surface area (Å²) in [5.74, 6) is 1.09. The van der Waals surface area contributed by atoms with E-state index in [2.05, 4.69) is 10.6 Å². The average molecular weight is 356 g/mol. The molecule has 2 N–H and O–H groups in total. The van der Waals surface area contributed by atoms with E-state index in [-0.39, 0.29) is 17.9 Å². The standard InChI is InChI=1S/C19H20N2O3S/c1-13(22)20-14-6-8-15(9-7-14)25-12-19(23)21-17-10-11-24-18-5-3-2-4-16(17)18/h2-9,17H,10-12H2,1H3,(H,20,22)(H,21,23)/t17-/m1/s1. The van der Waals surface area contributed by atoms with Crippen molar-refractivity contribution in [1.29, 1.82) is 0 Å². The second kappa shape index (κ2) is 8.07. The van der Waals surface area contributed by atoms with Crippen LogP contribution in [0.1, 0.15) is 24.9 Å². The SMILES string of the molecule is CC(=O)Nc1ccc(SCC(=O)N[C@@H]2CCOc3ccccc32)cc1. The van der Waals surface area contributed by atoms with Crippen molar-refractivity contribution in [3.63, 3.8) is 0 Å². The Kier molecular flexibility index (Phi) is 5.60. The van der Waals surface area contributed by atoms with Gasteiger partial charge in [-0.15, -0.1) is 11.8 Å². The van der Waals surface area contributed by atoms with Crippen molar-refractivity contribution in [2.75, 3.05) is 17.7 Å². The molecule has 3 rings (SSSR count). The highest BCUT2D eigenvalue weighted by atomic mass is 32.2. The third-order valence-corrected chi connectivity index (χ3v) is 4.85. The first-order valence-corrected chi connectivity index (χ1v) is 9.12. The smallest absolute Gasteiger partial charge is 0.230 e. The number of ether oxygens (including phenoxy) is 1. The van der Waals surface area contributed by atoms with Crippen molar-refractivity contribution < 1.29 is 14.3 Å². The lowest BCUT2D eigenvalue weighted by atomic mass is 10.0. The van der Waals surface area contributed by atoms with Gasteiger partial charge in [0.05, 0.1) is 18.4 Å². The van der Waals surface area contributed by atoms with Gasteiger partial charge in [-0.3, -0.25) is 9.59 Å². The van der Waals surface area contributed by atoms with Gasteiger partial charge in [0.15, 0.2) is 0 Å². The number of hydrogen-bond donors (Lipinski definition) is 2. The van der Waals surface area contributed by atoms with Crippen LogP contribution in [-0.2, 0) is 9.59 Å². The summed E-state index contributed by atoms with van der Waals surface area (Å²) in [4.78, 5) is 24.3. The minimum atomic E-state index is -0.100. The molecule has 0 bridgehead atoms. The van der Waals surface area contributed by atoms with E-state index < -0.39 is 0 Å². The Labute approximate surface area is 151 Å². The zero-order valence-electron chi connectivity index (χ0n) is 14.0. The van der Waals surface area contributed by atoms with Crippen LogP contribution in [0.4, 0.5) is 5.69 Å². The number of amides is 2. The van der Waals surface area contributed by atoms with E-state index >= 15 is 0 Å². The van der Waals surface area contributed by atoms with Crippen molar-refractivity contribution in [3.8, 4) is 5.75 Å². The quantitative estimate of drug-likeness (QED) is 0.806. The van der Waals surface area contributed by atoms with E-state index in [0.29, 0.717) is 12.4 Å². The Balaban J connectivity index is 1.53. The maximum atomic E-state index is 12.3. The molecule has 0 unspecified atom stereocenters. The van der Waals surface area contributed by atoms with Gasteiger partial charge in [0.1, 0.15) is 5.75 Å². The molecule has 0 aliphatic carbocycles. The predicted molar refractivity (Wildman–Crippen MR) is 98.9 cm³/mol. The third kappa shape index (κ3) is 4.76. The molecule has 1 atom stereocenters. The highest BCUT2D eigenvalue weighted by Crippen LogP contribution is 2.31. The van der Waals surface area contributed by atoms with Crippen LogP contribution < -0.4 is 15.4 Å². The molecule has 2 amide bonds. The average Bonchev–Trinajstić information content (AvgIpc) is 2.61. The maximum Gasteiger partial charge on any atom is 0.230 e. The molecule has 5 nitrogen and oxygen atoms in total. The fraction of sp³-hybridized carbons (Fsp3) is 0.263. The van der Waals surface area contributed by atoms with E-state index in [4.69, 9.17) is 4.74 Å². The molecular weight excluding hydrogens is 336 g/mol. The van der Waals surface area contributed by atoms with E-state index in [9.17, 15) is 9.59 Å². The van der Waals surface area contributed by atoms with Crippen LogP contribution in [0.5, 0.6) is 5.75 Å². The van der Waals surface area contributed by atoms with Crippen molar-refractivity contribution in [3.05, 3.63) is 54.1 Å². The zero-order valence-corrected chi connectivity index (χ0v) is 14.8. The maximum absolute atomic E-state index is 12.3. The molecule has 6 heteroatoms. The van der Waals surface area contributed by atoms with Gasteiger partial charge in [0, 0.05) is 29.5 Å². The number of benzene rings is 2. The van der Waals surface area contributed by atoms with Gasteiger partial charge in [0.2, 0.25) is 11.8 Å². The summed E-state index contributed by atoms with van der Waals surface area (Å²) in [6.45, 7) is 2.08. The van der Waals surface area contributed by atoms with Crippen molar-refractivity contribution in [1.82, 2.24) is 5.32 Å². The molecule has 0 spiro atoms. The van der Waals surface area contributed by atoms with Crippen LogP contribution >= 0.6 is 11.8 Å². The van der Waals surface area contributed by atoms with Gasteiger partial charge in [-0.2, -0.15) is 0 Å². The van der Waals surface area contributed by atoms with Gasteiger partial charge >= 0.3 is 0 Å². The molecule has 0 aromatic heterocycles. The molecule has 1 heterocycles. The third-order valence-electron chi connectivity index (χ3n) is 3.84. The molecule has 25 heavy (non-hydrogen) atoms. The summed E-state index contributed by atoms with van der Waals surface area (Å²) >= 11 is 1.47. The molecule has 2 aromatic rings. The first-order chi connectivity index (χ1) is 12.1. The van der Waals surface area contributed by atoms with Crippen LogP contribution in [0.15, 0.2) is 53.4 Å². The lowest BCUT2D eigenvalue weighted by Gasteiger charge is -2.26. The molecule has 2 aromatic carbocycles. The fourth-order valence-electron chi connectivity index (χ4n) is 2.71. The number of fused-ring (bicyclic) bond motifs is 1. The lowest BCUT2D eigenvalue weighted by Crippen LogP contribution is -2.33. The Morgan fingerprint density at radius 3 is 2.68 bits per heavy atom. The van der Waals surface area contributed by atoms with E-state index in [1.807, 2.05) is 48.5 Å². The Bertz CT molecular complexity index is 762. The minimum Gasteiger partial charge on any atom is -0.493 e. The number of carbonyl (C=O) groups is 2. The number of rotatable bonds is 5. The van der Waals surface area contributed by atoms with Crippen molar-refractivity contribution in [2.45, 2.75) is 24.3 Å². The lowest BCUT2D eigenvalue weighted by molar-refractivity contribution is -0.119. The first-order valence-electron chi connectivity index (χ1n) is 8.13. The minimum absolute atomic E-state index is 0.000178. The summed E-state index contributed by atoms with van der Waals surface area (Å²) in [6, 6.07) is 15.3. The van der Waals surface area contributed by atoms with Crippen LogP contribution in [0.2, 0.25) is 0 Å². The van der Waals surface area contributed by atoms with Gasteiger partial charge < -0.3 is 15.4 Å². The van der Waals surface area contributed by atoms with E-state index in [1.54, 1.807) is 0 Å². The first kappa shape index (κ1) is 17.4. The Hall–Kier alpha value is -2.47. The van der Waals surface area contributed by atoms with Crippen LogP contribution in [0.25, 0.3) is 0 Å². The second-order valence-corrected chi connectivity index (χ2v) is 6.84. The van der Waals surface area contributed by atoms with Crippen LogP contribution in [0, 0.1) is 0 Å². The highest BCUT2D eigenvalue weighted by molar-refractivity contribution is 8.00. The van der Waals surface area contributed by atoms with Crippen LogP contribution in [0.3, 0.4) is 0 Å². The topological polar surface area (TPSA) is 67.4 Å². The highest BCUT2D eigenvalue weighted by Gasteiger charge is 2.22. The fourth-order valence-corrected chi connectivity index (χ4v) is 3.42. The monoisotopic (exact) mass is 356 g/mol. The summed E-state index contributed by atoms with van der Waals surface area (Å²) < 4.78 is 5.62. The number of anilines is 1. The molecule has 0 saturated carbocycles. The Morgan fingerprint density at radius 1 is 1.16 bits per heavy atom. The summed E-state index contributed by atoms with van der Waals surface area (Å²) in [7, 11) is 0. The molecule has 130 valence electrons. The van der Waals surface area contributed by atoms with Crippen LogP contribution in [-0.4, -0.2) is 24.2 Å². The number of carbonyl (C=O) groups excluding carboxylic acids is 2.